The van der Waals surface area contributed by atoms with E-state index in [2.05, 4.69) is 15.1 Å². The molecule has 0 aliphatic carbocycles. The van der Waals surface area contributed by atoms with Crippen molar-refractivity contribution in [3.63, 3.8) is 0 Å². The molecule has 2 aromatic rings. The van der Waals surface area contributed by atoms with Gasteiger partial charge in [0.05, 0.1) is 23.1 Å². The number of fused-ring (bicyclic) bond motifs is 1. The number of hydrogen-bond donors (Lipinski definition) is 0. The molecule has 0 bridgehead atoms. The Balaban J connectivity index is 1.56. The molecule has 146 valence electrons. The van der Waals surface area contributed by atoms with E-state index < -0.39 is 22.2 Å². The van der Waals surface area contributed by atoms with Gasteiger partial charge in [-0.15, -0.1) is 0 Å². The molecule has 11 heteroatoms. The predicted molar refractivity (Wildman–Crippen MR) is 91.1 cm³/mol. The minimum Gasteiger partial charge on any atom is -0.342 e. The van der Waals surface area contributed by atoms with Gasteiger partial charge in [-0.05, 0) is 25.3 Å². The van der Waals surface area contributed by atoms with Gasteiger partial charge in [-0.1, -0.05) is 0 Å². The van der Waals surface area contributed by atoms with E-state index in [-0.39, 0.29) is 34.8 Å². The summed E-state index contributed by atoms with van der Waals surface area (Å²) in [7, 11) is -3.14. The highest BCUT2D eigenvalue weighted by molar-refractivity contribution is 7.91. The van der Waals surface area contributed by atoms with E-state index >= 15 is 0 Å². The first-order valence-electron chi connectivity index (χ1n) is 8.82. The third kappa shape index (κ3) is 3.52. The Morgan fingerprint density at radius 2 is 2.11 bits per heavy atom. The summed E-state index contributed by atoms with van der Waals surface area (Å²) >= 11 is 0. The van der Waals surface area contributed by atoms with Crippen LogP contribution in [0.4, 0.5) is 8.78 Å². The quantitative estimate of drug-likeness (QED) is 0.769. The van der Waals surface area contributed by atoms with Crippen molar-refractivity contribution in [2.45, 2.75) is 31.6 Å². The van der Waals surface area contributed by atoms with Gasteiger partial charge in [0.25, 0.3) is 12.2 Å². The molecular formula is C16H19F2N5O3S. The summed E-state index contributed by atoms with van der Waals surface area (Å²) in [5.74, 6) is -0.820. The van der Waals surface area contributed by atoms with Crippen molar-refractivity contribution in [2.75, 3.05) is 24.6 Å². The fourth-order valence-electron chi connectivity index (χ4n) is 3.89. The van der Waals surface area contributed by atoms with Gasteiger partial charge < -0.3 is 4.90 Å². The number of rotatable bonds is 3. The summed E-state index contributed by atoms with van der Waals surface area (Å²) in [6.45, 7) is 0.885. The van der Waals surface area contributed by atoms with Gasteiger partial charge >= 0.3 is 0 Å². The van der Waals surface area contributed by atoms with Crippen LogP contribution in [0.2, 0.25) is 0 Å². The van der Waals surface area contributed by atoms with Crippen molar-refractivity contribution in [2.24, 2.45) is 5.92 Å². The second-order valence-electron chi connectivity index (χ2n) is 7.10. The first-order chi connectivity index (χ1) is 12.8. The van der Waals surface area contributed by atoms with E-state index in [0.717, 1.165) is 4.52 Å². The zero-order valence-electron chi connectivity index (χ0n) is 14.5. The van der Waals surface area contributed by atoms with Gasteiger partial charge in [-0.2, -0.15) is 14.6 Å². The van der Waals surface area contributed by atoms with Gasteiger partial charge in [-0.25, -0.2) is 22.2 Å². The first-order valence-corrected chi connectivity index (χ1v) is 10.6. The molecule has 0 unspecified atom stereocenters. The Bertz CT molecular complexity index is 978. The molecule has 1 amide bonds. The number of amides is 1. The Hall–Kier alpha value is -2.17. The van der Waals surface area contributed by atoms with Crippen LogP contribution in [-0.4, -0.2) is 63.4 Å². The maximum Gasteiger partial charge on any atom is 0.280 e. The van der Waals surface area contributed by atoms with Crippen LogP contribution in [0.25, 0.3) is 5.78 Å². The molecule has 2 atom stereocenters. The molecule has 2 saturated heterocycles. The fourth-order valence-corrected chi connectivity index (χ4v) is 5.62. The minimum absolute atomic E-state index is 0.0452. The number of halogens is 2. The van der Waals surface area contributed by atoms with Crippen molar-refractivity contribution >= 4 is 21.5 Å². The zero-order chi connectivity index (χ0) is 19.2. The van der Waals surface area contributed by atoms with Crippen LogP contribution >= 0.6 is 0 Å². The highest BCUT2D eigenvalue weighted by atomic mass is 32.2. The third-order valence-electron chi connectivity index (χ3n) is 5.26. The van der Waals surface area contributed by atoms with Crippen molar-refractivity contribution in [3.8, 4) is 0 Å². The second kappa shape index (κ2) is 6.77. The second-order valence-corrected chi connectivity index (χ2v) is 9.33. The first kappa shape index (κ1) is 18.2. The number of aromatic nitrogens is 4. The monoisotopic (exact) mass is 399 g/mol. The Labute approximate surface area is 154 Å². The van der Waals surface area contributed by atoms with Gasteiger partial charge in [0.2, 0.25) is 5.91 Å². The van der Waals surface area contributed by atoms with E-state index in [1.807, 2.05) is 0 Å². The summed E-state index contributed by atoms with van der Waals surface area (Å²) in [5, 5.41) is 3.78. The lowest BCUT2D eigenvalue weighted by atomic mass is 9.93. The standard InChI is InChI=1S/C16H19F2N5O3S/c17-14(18)13-6-12(21-16-19-9-20-23(13)16)10-2-1-4-22(7-10)15(24)11-3-5-27(25,26)8-11/h6,9-11,14H,1-5,7-8H2/t10-,11+/m0/s1. The molecule has 27 heavy (non-hydrogen) atoms. The summed E-state index contributed by atoms with van der Waals surface area (Å²) < 4.78 is 51.0. The number of alkyl halides is 2. The van der Waals surface area contributed by atoms with Crippen LogP contribution < -0.4 is 0 Å². The maximum atomic E-state index is 13.4. The minimum atomic E-state index is -3.14. The number of nitrogens with zero attached hydrogens (tertiary/aromatic N) is 5. The lowest BCUT2D eigenvalue weighted by Gasteiger charge is -2.34. The molecule has 0 spiro atoms. The highest BCUT2D eigenvalue weighted by Crippen LogP contribution is 2.30. The summed E-state index contributed by atoms with van der Waals surface area (Å²) in [6.07, 6.45) is 0.226. The smallest absolute Gasteiger partial charge is 0.280 e. The fraction of sp³-hybridized carbons (Fsp3) is 0.625. The molecule has 2 aliphatic heterocycles. The lowest BCUT2D eigenvalue weighted by Crippen LogP contribution is -2.42. The molecule has 0 radical (unpaired) electrons. The van der Waals surface area contributed by atoms with Crippen LogP contribution in [0.1, 0.15) is 43.0 Å². The molecule has 0 aromatic carbocycles. The third-order valence-corrected chi connectivity index (χ3v) is 7.02. The average molecular weight is 399 g/mol. The highest BCUT2D eigenvalue weighted by Gasteiger charge is 2.37. The topological polar surface area (TPSA) is 97.5 Å². The molecule has 8 nitrogen and oxygen atoms in total. The molecule has 0 saturated carbocycles. The molecular weight excluding hydrogens is 380 g/mol. The SMILES string of the molecule is O=C([C@@H]1CCS(=O)(=O)C1)N1CCC[C@H](c2cc(C(F)F)n3ncnc3n2)C1. The van der Waals surface area contributed by atoms with Crippen molar-refractivity contribution in [3.05, 3.63) is 23.8 Å². The van der Waals surface area contributed by atoms with Gasteiger partial charge in [0.1, 0.15) is 12.0 Å². The van der Waals surface area contributed by atoms with E-state index in [1.54, 1.807) is 4.90 Å². The molecule has 2 aromatic heterocycles. The summed E-state index contributed by atoms with van der Waals surface area (Å²) in [5.41, 5.74) is 0.181. The van der Waals surface area contributed by atoms with Crippen molar-refractivity contribution in [1.82, 2.24) is 24.5 Å². The predicted octanol–water partition coefficient (Wildman–Crippen LogP) is 1.20. The average Bonchev–Trinajstić information content (AvgIpc) is 3.26. The van der Waals surface area contributed by atoms with Crippen molar-refractivity contribution < 1.29 is 22.0 Å². The zero-order valence-corrected chi connectivity index (χ0v) is 15.3. The number of piperidine rings is 1. The van der Waals surface area contributed by atoms with E-state index in [9.17, 15) is 22.0 Å². The van der Waals surface area contributed by atoms with Crippen molar-refractivity contribution in [1.29, 1.82) is 0 Å². The van der Waals surface area contributed by atoms with Crippen LogP contribution in [-0.2, 0) is 14.6 Å². The number of hydrogen-bond acceptors (Lipinski definition) is 6. The van der Waals surface area contributed by atoms with Crippen LogP contribution in [0.5, 0.6) is 0 Å². The Morgan fingerprint density at radius 1 is 1.30 bits per heavy atom. The maximum absolute atomic E-state index is 13.4. The van der Waals surface area contributed by atoms with Crippen LogP contribution in [0.3, 0.4) is 0 Å². The van der Waals surface area contributed by atoms with Gasteiger partial charge in [0.15, 0.2) is 9.84 Å². The lowest BCUT2D eigenvalue weighted by molar-refractivity contribution is -0.136. The number of sulfone groups is 1. The molecule has 4 heterocycles. The Kier molecular flexibility index (Phi) is 4.57. The molecule has 0 N–H and O–H groups in total. The largest absolute Gasteiger partial charge is 0.342 e. The normalized spacial score (nSPS) is 25.4. The van der Waals surface area contributed by atoms with E-state index in [0.29, 0.717) is 38.0 Å². The summed E-state index contributed by atoms with van der Waals surface area (Å²) in [6, 6.07) is 1.32. The molecule has 4 rings (SSSR count). The molecule has 2 fully saturated rings. The number of carbonyl (C=O) groups excluding carboxylic acids is 1. The number of likely N-dealkylation sites (tertiary alicyclic amines) is 1. The van der Waals surface area contributed by atoms with Crippen LogP contribution in [0, 0.1) is 5.92 Å². The Morgan fingerprint density at radius 3 is 2.81 bits per heavy atom. The molecule has 2 aliphatic rings. The van der Waals surface area contributed by atoms with Gasteiger partial charge in [0, 0.05) is 19.0 Å². The van der Waals surface area contributed by atoms with E-state index in [4.69, 9.17) is 0 Å². The van der Waals surface area contributed by atoms with Crippen LogP contribution in [0.15, 0.2) is 12.4 Å². The van der Waals surface area contributed by atoms with E-state index in [1.165, 1.54) is 12.4 Å². The number of carbonyl (C=O) groups is 1. The summed E-state index contributed by atoms with van der Waals surface area (Å²) in [4.78, 5) is 22.6. The van der Waals surface area contributed by atoms with Gasteiger partial charge in [-0.3, -0.25) is 4.79 Å².